The summed E-state index contributed by atoms with van der Waals surface area (Å²) in [6.07, 6.45) is 1.06. The molecule has 0 saturated heterocycles. The van der Waals surface area contributed by atoms with Gasteiger partial charge in [0.25, 0.3) is 0 Å². The van der Waals surface area contributed by atoms with Gasteiger partial charge in [0, 0.05) is 37.3 Å². The Balaban J connectivity index is 1.69. The van der Waals surface area contributed by atoms with Crippen LogP contribution in [0, 0.1) is 0 Å². The number of nitrogens with zero attached hydrogens (tertiary/aromatic N) is 2. The van der Waals surface area contributed by atoms with Crippen LogP contribution in [0.2, 0.25) is 0 Å². The fraction of sp³-hybridized carbons (Fsp3) is 0.348. The third kappa shape index (κ3) is 4.47. The van der Waals surface area contributed by atoms with E-state index in [0.717, 1.165) is 12.1 Å². The van der Waals surface area contributed by atoms with Crippen LogP contribution in [0.1, 0.15) is 43.1 Å². The summed E-state index contributed by atoms with van der Waals surface area (Å²) in [6, 6.07) is 14.7. The Bertz CT molecular complexity index is 907. The highest BCUT2D eigenvalue weighted by molar-refractivity contribution is 5.98. The van der Waals surface area contributed by atoms with E-state index in [1.54, 1.807) is 36.1 Å². The van der Waals surface area contributed by atoms with Gasteiger partial charge in [0.05, 0.1) is 12.2 Å². The van der Waals surface area contributed by atoms with E-state index in [0.29, 0.717) is 17.9 Å². The topological polar surface area (TPSA) is 66.9 Å². The number of esters is 1. The third-order valence-corrected chi connectivity index (χ3v) is 5.10. The van der Waals surface area contributed by atoms with E-state index in [1.165, 1.54) is 12.5 Å². The van der Waals surface area contributed by atoms with Crippen LogP contribution in [-0.4, -0.2) is 37.0 Å². The Morgan fingerprint density at radius 1 is 1.10 bits per heavy atom. The highest BCUT2D eigenvalue weighted by Gasteiger charge is 2.30. The van der Waals surface area contributed by atoms with Crippen LogP contribution in [0.3, 0.4) is 0 Å². The largest absolute Gasteiger partial charge is 0.462 e. The van der Waals surface area contributed by atoms with Crippen molar-refractivity contribution in [3.8, 4) is 0 Å². The van der Waals surface area contributed by atoms with Crippen molar-refractivity contribution in [2.45, 2.75) is 39.7 Å². The van der Waals surface area contributed by atoms with E-state index >= 15 is 0 Å². The van der Waals surface area contributed by atoms with Gasteiger partial charge in [-0.2, -0.15) is 0 Å². The molecule has 1 unspecified atom stereocenters. The summed E-state index contributed by atoms with van der Waals surface area (Å²) in [6.45, 7) is 5.84. The summed E-state index contributed by atoms with van der Waals surface area (Å²) in [5.74, 6) is -0.557. The second kappa shape index (κ2) is 8.90. The summed E-state index contributed by atoms with van der Waals surface area (Å²) >= 11 is 0. The van der Waals surface area contributed by atoms with Crippen molar-refractivity contribution < 1.29 is 19.1 Å². The maximum atomic E-state index is 12.9. The first-order chi connectivity index (χ1) is 13.9. The van der Waals surface area contributed by atoms with Gasteiger partial charge in [-0.15, -0.1) is 0 Å². The lowest BCUT2D eigenvalue weighted by Gasteiger charge is -2.26. The zero-order valence-corrected chi connectivity index (χ0v) is 17.1. The highest BCUT2D eigenvalue weighted by Crippen LogP contribution is 2.32. The lowest BCUT2D eigenvalue weighted by atomic mass is 10.1. The summed E-state index contributed by atoms with van der Waals surface area (Å²) in [4.78, 5) is 40.3. The smallest absolute Gasteiger partial charge is 0.338 e. The van der Waals surface area contributed by atoms with Crippen LogP contribution in [0.5, 0.6) is 0 Å². The Kier molecular flexibility index (Phi) is 6.32. The molecule has 1 heterocycles. The molecule has 0 N–H and O–H groups in total. The third-order valence-electron chi connectivity index (χ3n) is 5.10. The number of rotatable bonds is 6. The number of carbonyl (C=O) groups is 3. The molecule has 0 radical (unpaired) electrons. The number of carbonyl (C=O) groups excluding carboxylic acids is 3. The molecule has 2 aromatic carbocycles. The Labute approximate surface area is 171 Å². The number of fused-ring (bicyclic) bond motifs is 1. The Morgan fingerprint density at radius 2 is 1.79 bits per heavy atom. The maximum Gasteiger partial charge on any atom is 0.338 e. The molecule has 0 spiro atoms. The first-order valence-corrected chi connectivity index (χ1v) is 9.87. The summed E-state index contributed by atoms with van der Waals surface area (Å²) in [5, 5.41) is 0. The van der Waals surface area contributed by atoms with Crippen molar-refractivity contribution in [2.75, 3.05) is 23.0 Å². The van der Waals surface area contributed by atoms with E-state index in [1.807, 2.05) is 36.1 Å². The van der Waals surface area contributed by atoms with Crippen molar-refractivity contribution >= 4 is 29.2 Å². The van der Waals surface area contributed by atoms with E-state index in [9.17, 15) is 14.4 Å². The Morgan fingerprint density at radius 3 is 2.45 bits per heavy atom. The van der Waals surface area contributed by atoms with Gasteiger partial charge in [-0.05, 0) is 56.2 Å². The van der Waals surface area contributed by atoms with Gasteiger partial charge in [0.2, 0.25) is 11.8 Å². The van der Waals surface area contributed by atoms with E-state index < -0.39 is 5.97 Å². The molecule has 0 saturated carbocycles. The first-order valence-electron chi connectivity index (χ1n) is 9.87. The molecule has 0 fully saturated rings. The van der Waals surface area contributed by atoms with Crippen molar-refractivity contribution in [3.63, 3.8) is 0 Å². The molecule has 0 bridgehead atoms. The molecule has 29 heavy (non-hydrogen) atoms. The second-order valence-corrected chi connectivity index (χ2v) is 7.13. The zero-order chi connectivity index (χ0) is 21.0. The number of amides is 2. The van der Waals surface area contributed by atoms with E-state index in [-0.39, 0.29) is 30.8 Å². The van der Waals surface area contributed by atoms with Gasteiger partial charge < -0.3 is 14.5 Å². The number of benzene rings is 2. The summed E-state index contributed by atoms with van der Waals surface area (Å²) in [7, 11) is 0. The van der Waals surface area contributed by atoms with Crippen molar-refractivity contribution in [3.05, 3.63) is 59.7 Å². The highest BCUT2D eigenvalue weighted by atomic mass is 16.5. The van der Waals surface area contributed by atoms with Crippen LogP contribution in [0.25, 0.3) is 0 Å². The molecule has 0 aromatic heterocycles. The molecule has 6 heteroatoms. The van der Waals surface area contributed by atoms with Gasteiger partial charge in [0.1, 0.15) is 0 Å². The van der Waals surface area contributed by atoms with Crippen LogP contribution >= 0.6 is 0 Å². The van der Waals surface area contributed by atoms with Crippen LogP contribution in [0.4, 0.5) is 11.4 Å². The minimum absolute atomic E-state index is 0.00292. The van der Waals surface area contributed by atoms with Gasteiger partial charge in [-0.25, -0.2) is 4.79 Å². The molecule has 1 atom stereocenters. The molecular formula is C23H26N2O4. The lowest BCUT2D eigenvalue weighted by molar-refractivity contribution is -0.119. The van der Waals surface area contributed by atoms with Crippen LogP contribution < -0.4 is 9.80 Å². The van der Waals surface area contributed by atoms with Gasteiger partial charge in [-0.3, -0.25) is 9.59 Å². The molecule has 2 aromatic rings. The fourth-order valence-corrected chi connectivity index (χ4v) is 3.73. The molecule has 0 aliphatic carbocycles. The van der Waals surface area contributed by atoms with Crippen molar-refractivity contribution in [1.29, 1.82) is 0 Å². The van der Waals surface area contributed by atoms with Gasteiger partial charge in [0.15, 0.2) is 0 Å². The molecule has 152 valence electrons. The quantitative estimate of drug-likeness (QED) is 0.703. The number of hydrogen-bond donors (Lipinski definition) is 0. The van der Waals surface area contributed by atoms with E-state index in [2.05, 4.69) is 0 Å². The first kappa shape index (κ1) is 20.6. The molecule has 1 aliphatic heterocycles. The van der Waals surface area contributed by atoms with Crippen LogP contribution in [-0.2, 0) is 20.7 Å². The molecule has 3 rings (SSSR count). The Hall–Kier alpha value is -3.15. The predicted octanol–water partition coefficient (Wildman–Crippen LogP) is 3.58. The minimum atomic E-state index is -0.398. The average Bonchev–Trinajstić information content (AvgIpc) is 3.04. The lowest BCUT2D eigenvalue weighted by Crippen LogP contribution is -2.39. The maximum absolute atomic E-state index is 12.9. The van der Waals surface area contributed by atoms with Crippen molar-refractivity contribution in [1.82, 2.24) is 0 Å². The number of hydrogen-bond acceptors (Lipinski definition) is 4. The zero-order valence-electron chi connectivity index (χ0n) is 17.1. The van der Waals surface area contributed by atoms with Crippen LogP contribution in [0.15, 0.2) is 48.5 Å². The second-order valence-electron chi connectivity index (χ2n) is 7.13. The normalized spacial score (nSPS) is 15.0. The molecule has 6 nitrogen and oxygen atoms in total. The number of para-hydroxylation sites is 1. The molecular weight excluding hydrogens is 368 g/mol. The molecule has 2 amide bonds. The van der Waals surface area contributed by atoms with Gasteiger partial charge >= 0.3 is 5.97 Å². The minimum Gasteiger partial charge on any atom is -0.462 e. The van der Waals surface area contributed by atoms with Crippen molar-refractivity contribution in [2.24, 2.45) is 0 Å². The average molecular weight is 394 g/mol. The SMILES string of the molecule is CCOC(=O)c1ccc(N(CCC(=O)N2c3ccccc3CC2C)C(C)=O)cc1. The summed E-state index contributed by atoms with van der Waals surface area (Å²) in [5.41, 5.74) is 3.20. The fourth-order valence-electron chi connectivity index (χ4n) is 3.73. The standard InChI is InChI=1S/C23H26N2O4/c1-4-29-23(28)18-9-11-20(12-10-18)24(17(3)26)14-13-22(27)25-16(2)15-19-7-5-6-8-21(19)25/h5-12,16H,4,13-15H2,1-3H3. The number of anilines is 2. The molecule has 1 aliphatic rings. The van der Waals surface area contributed by atoms with Gasteiger partial charge in [-0.1, -0.05) is 18.2 Å². The number of ether oxygens (including phenoxy) is 1. The summed E-state index contributed by atoms with van der Waals surface area (Å²) < 4.78 is 4.98. The monoisotopic (exact) mass is 394 g/mol. The van der Waals surface area contributed by atoms with E-state index in [4.69, 9.17) is 4.74 Å². The predicted molar refractivity (Wildman–Crippen MR) is 112 cm³/mol.